The van der Waals surface area contributed by atoms with Crippen LogP contribution in [-0.4, -0.2) is 26.8 Å². The lowest BCUT2D eigenvalue weighted by Crippen LogP contribution is -2.07. The number of rotatable bonds is 7. The highest BCUT2D eigenvalue weighted by Crippen LogP contribution is 2.37. The van der Waals surface area contributed by atoms with Crippen molar-refractivity contribution in [1.82, 2.24) is 0 Å². The van der Waals surface area contributed by atoms with Gasteiger partial charge in [0.1, 0.15) is 11.5 Å². The lowest BCUT2D eigenvalue weighted by molar-refractivity contribution is -0.129. The van der Waals surface area contributed by atoms with Crippen LogP contribution in [0, 0.1) is 11.3 Å². The fourth-order valence-corrected chi connectivity index (χ4v) is 2.74. The zero-order valence-corrected chi connectivity index (χ0v) is 16.7. The number of halogens is 1. The molecule has 2 aromatic carbocycles. The minimum absolute atomic E-state index is 0.216. The summed E-state index contributed by atoms with van der Waals surface area (Å²) >= 11 is 3.31. The summed E-state index contributed by atoms with van der Waals surface area (Å²) in [6, 6.07) is 10.4. The van der Waals surface area contributed by atoms with Crippen LogP contribution < -0.4 is 18.9 Å². The average Bonchev–Trinajstić information content (AvgIpc) is 2.68. The fraction of sp³-hybridized carbons (Fsp3) is 0.200. The van der Waals surface area contributed by atoms with Crippen molar-refractivity contribution < 1.29 is 23.7 Å². The molecule has 0 unspecified atom stereocenters. The van der Waals surface area contributed by atoms with Crippen LogP contribution in [0.15, 0.2) is 40.9 Å². The number of nitrogens with zero attached hydrogens (tertiary/aromatic N) is 1. The van der Waals surface area contributed by atoms with Gasteiger partial charge in [-0.05, 0) is 52.7 Å². The Labute approximate surface area is 166 Å². The minimum Gasteiger partial charge on any atom is -0.497 e. The number of hydrogen-bond acceptors (Lipinski definition) is 6. The van der Waals surface area contributed by atoms with Gasteiger partial charge in [-0.2, -0.15) is 5.26 Å². The molecule has 0 spiro atoms. The SMILES string of the molecule is CCOc1cc(C#N)cc(Br)c1OC(=O)/C=C/c1cc(OC)cc(OC)c1. The van der Waals surface area contributed by atoms with Crippen molar-refractivity contribution in [2.24, 2.45) is 0 Å². The van der Waals surface area contributed by atoms with Crippen molar-refractivity contribution >= 4 is 28.0 Å². The molecule has 6 nitrogen and oxygen atoms in total. The van der Waals surface area contributed by atoms with Crippen LogP contribution in [0.4, 0.5) is 0 Å². The van der Waals surface area contributed by atoms with Gasteiger partial charge in [0.2, 0.25) is 0 Å². The molecule has 140 valence electrons. The second-order valence-electron chi connectivity index (χ2n) is 5.23. The molecule has 0 N–H and O–H groups in total. The van der Waals surface area contributed by atoms with Gasteiger partial charge in [0.15, 0.2) is 11.5 Å². The highest BCUT2D eigenvalue weighted by Gasteiger charge is 2.15. The van der Waals surface area contributed by atoms with Gasteiger partial charge in [-0.1, -0.05) is 0 Å². The Morgan fingerprint density at radius 1 is 1.15 bits per heavy atom. The molecule has 0 aliphatic heterocycles. The van der Waals surface area contributed by atoms with Crippen molar-refractivity contribution in [1.29, 1.82) is 5.26 Å². The smallest absolute Gasteiger partial charge is 0.336 e. The molecule has 0 saturated heterocycles. The van der Waals surface area contributed by atoms with Gasteiger partial charge >= 0.3 is 5.97 Å². The topological polar surface area (TPSA) is 77.8 Å². The maximum Gasteiger partial charge on any atom is 0.336 e. The molecule has 0 bridgehead atoms. The third-order valence-electron chi connectivity index (χ3n) is 3.43. The van der Waals surface area contributed by atoms with E-state index in [2.05, 4.69) is 15.9 Å². The highest BCUT2D eigenvalue weighted by molar-refractivity contribution is 9.10. The second-order valence-corrected chi connectivity index (χ2v) is 6.08. The second kappa shape index (κ2) is 9.64. The number of nitriles is 1. The van der Waals surface area contributed by atoms with Gasteiger partial charge in [-0.25, -0.2) is 4.79 Å². The summed E-state index contributed by atoms with van der Waals surface area (Å²) in [6.07, 6.45) is 2.87. The predicted octanol–water partition coefficient (Wildman–Crippen LogP) is 4.36. The molecule has 27 heavy (non-hydrogen) atoms. The molecule has 0 saturated carbocycles. The lowest BCUT2D eigenvalue weighted by Gasteiger charge is -2.12. The van der Waals surface area contributed by atoms with Crippen molar-refractivity contribution in [3.63, 3.8) is 0 Å². The largest absolute Gasteiger partial charge is 0.497 e. The highest BCUT2D eigenvalue weighted by atomic mass is 79.9. The molecule has 2 rings (SSSR count). The molecule has 0 heterocycles. The fourth-order valence-electron chi connectivity index (χ4n) is 2.22. The molecule has 2 aromatic rings. The molecular weight excluding hydrogens is 414 g/mol. The van der Waals surface area contributed by atoms with E-state index in [0.29, 0.717) is 39.5 Å². The normalized spacial score (nSPS) is 10.3. The lowest BCUT2D eigenvalue weighted by atomic mass is 10.2. The van der Waals surface area contributed by atoms with Crippen molar-refractivity contribution in [2.45, 2.75) is 6.92 Å². The number of ether oxygens (including phenoxy) is 4. The maximum atomic E-state index is 12.2. The third kappa shape index (κ3) is 5.50. The van der Waals surface area contributed by atoms with Crippen LogP contribution in [0.3, 0.4) is 0 Å². The van der Waals surface area contributed by atoms with Gasteiger partial charge in [0, 0.05) is 18.2 Å². The molecule has 0 amide bonds. The van der Waals surface area contributed by atoms with Crippen LogP contribution in [-0.2, 0) is 4.79 Å². The maximum absolute atomic E-state index is 12.2. The molecule has 0 fully saturated rings. The summed E-state index contributed by atoms with van der Waals surface area (Å²) in [5.74, 6) is 1.15. The predicted molar refractivity (Wildman–Crippen MR) is 104 cm³/mol. The molecular formula is C20H18BrNO5. The Morgan fingerprint density at radius 2 is 1.81 bits per heavy atom. The third-order valence-corrected chi connectivity index (χ3v) is 4.02. The number of hydrogen-bond donors (Lipinski definition) is 0. The molecule has 0 aliphatic carbocycles. The number of benzene rings is 2. The van der Waals surface area contributed by atoms with Gasteiger partial charge in [0.25, 0.3) is 0 Å². The van der Waals surface area contributed by atoms with Gasteiger partial charge < -0.3 is 18.9 Å². The Balaban J connectivity index is 2.23. The number of methoxy groups -OCH3 is 2. The Kier molecular flexibility index (Phi) is 7.26. The van der Waals surface area contributed by atoms with E-state index in [1.54, 1.807) is 51.5 Å². The van der Waals surface area contributed by atoms with E-state index < -0.39 is 5.97 Å². The first-order valence-corrected chi connectivity index (χ1v) is 8.79. The average molecular weight is 432 g/mol. The Morgan fingerprint density at radius 3 is 2.37 bits per heavy atom. The van der Waals surface area contributed by atoms with E-state index in [4.69, 9.17) is 24.2 Å². The molecule has 0 aromatic heterocycles. The van der Waals surface area contributed by atoms with E-state index in [-0.39, 0.29) is 5.75 Å². The van der Waals surface area contributed by atoms with E-state index in [9.17, 15) is 4.79 Å². The van der Waals surface area contributed by atoms with Crippen LogP contribution >= 0.6 is 15.9 Å². The summed E-state index contributed by atoms with van der Waals surface area (Å²) in [7, 11) is 3.10. The molecule has 0 aliphatic rings. The Bertz CT molecular complexity index is 880. The van der Waals surface area contributed by atoms with E-state index in [0.717, 1.165) is 0 Å². The van der Waals surface area contributed by atoms with Crippen LogP contribution in [0.25, 0.3) is 6.08 Å². The molecule has 0 radical (unpaired) electrons. The van der Waals surface area contributed by atoms with Crippen molar-refractivity contribution in [2.75, 3.05) is 20.8 Å². The summed E-state index contributed by atoms with van der Waals surface area (Å²) in [5.41, 5.74) is 1.11. The van der Waals surface area contributed by atoms with Crippen molar-refractivity contribution in [3.05, 3.63) is 52.0 Å². The molecule has 7 heteroatoms. The quantitative estimate of drug-likeness (QED) is 0.368. The van der Waals surface area contributed by atoms with Crippen LogP contribution in [0.2, 0.25) is 0 Å². The summed E-state index contributed by atoms with van der Waals surface area (Å²) in [5, 5.41) is 9.06. The van der Waals surface area contributed by atoms with Crippen LogP contribution in [0.1, 0.15) is 18.1 Å². The number of carbonyl (C=O) groups is 1. The zero-order valence-electron chi connectivity index (χ0n) is 15.1. The minimum atomic E-state index is -0.594. The number of carbonyl (C=O) groups excluding carboxylic acids is 1. The zero-order chi connectivity index (χ0) is 19.8. The van der Waals surface area contributed by atoms with Gasteiger partial charge in [0.05, 0.1) is 36.9 Å². The van der Waals surface area contributed by atoms with Gasteiger partial charge in [-0.3, -0.25) is 0 Å². The first-order valence-electron chi connectivity index (χ1n) is 8.00. The first kappa shape index (κ1) is 20.3. The summed E-state index contributed by atoms with van der Waals surface area (Å²) < 4.78 is 21.7. The number of esters is 1. The van der Waals surface area contributed by atoms with E-state index in [1.165, 1.54) is 12.1 Å². The Hall–Kier alpha value is -2.98. The standard InChI is InChI=1S/C20H18BrNO5/c1-4-26-18-10-14(12-22)9-17(21)20(18)27-19(23)6-5-13-7-15(24-2)11-16(8-13)25-3/h5-11H,4H2,1-3H3/b6-5+. The summed E-state index contributed by atoms with van der Waals surface area (Å²) in [6.45, 7) is 2.17. The van der Waals surface area contributed by atoms with Crippen LogP contribution in [0.5, 0.6) is 23.0 Å². The summed E-state index contributed by atoms with van der Waals surface area (Å²) in [4.78, 5) is 12.2. The van der Waals surface area contributed by atoms with Gasteiger partial charge in [-0.15, -0.1) is 0 Å². The van der Waals surface area contributed by atoms with Crippen molar-refractivity contribution in [3.8, 4) is 29.1 Å². The first-order chi connectivity index (χ1) is 13.0. The van der Waals surface area contributed by atoms with E-state index in [1.807, 2.05) is 6.07 Å². The van der Waals surface area contributed by atoms with E-state index >= 15 is 0 Å². The molecule has 0 atom stereocenters. The monoisotopic (exact) mass is 431 g/mol.